The van der Waals surface area contributed by atoms with Crippen molar-refractivity contribution in [2.45, 2.75) is 53.6 Å². The summed E-state index contributed by atoms with van der Waals surface area (Å²) >= 11 is 0. The number of carboxylic acids is 1. The number of halogens is 3. The summed E-state index contributed by atoms with van der Waals surface area (Å²) in [5, 5.41) is 11.4. The third-order valence-corrected chi connectivity index (χ3v) is 3.74. The maximum absolute atomic E-state index is 13.5. The molecule has 0 aliphatic rings. The van der Waals surface area contributed by atoms with Crippen molar-refractivity contribution < 1.29 is 32.4 Å². The molecule has 1 aromatic rings. The second kappa shape index (κ2) is 6.97. The number of ether oxygens (including phenoxy) is 1. The van der Waals surface area contributed by atoms with E-state index < -0.39 is 36.5 Å². The first-order chi connectivity index (χ1) is 11.1. The largest absolute Gasteiger partial charge is 0.510 e. The van der Waals surface area contributed by atoms with Crippen molar-refractivity contribution in [1.82, 2.24) is 0 Å². The van der Waals surface area contributed by atoms with Crippen LogP contribution in [0.4, 0.5) is 23.4 Å². The fourth-order valence-electron chi connectivity index (χ4n) is 2.79. The van der Waals surface area contributed by atoms with E-state index >= 15 is 0 Å². The zero-order valence-corrected chi connectivity index (χ0v) is 15.1. The predicted octanol–water partition coefficient (Wildman–Crippen LogP) is 3.64. The number of rotatable bonds is 4. The molecule has 0 unspecified atom stereocenters. The molecule has 0 aliphatic heterocycles. The number of nitrogens with one attached hydrogen (secondary N) is 1. The first-order valence-electron chi connectivity index (χ1n) is 7.69. The van der Waals surface area contributed by atoms with E-state index in [1.165, 1.54) is 20.8 Å². The molecule has 0 atom stereocenters. The molecule has 25 heavy (non-hydrogen) atoms. The van der Waals surface area contributed by atoms with Gasteiger partial charge in [0.05, 0.1) is 6.42 Å². The Morgan fingerprint density at radius 3 is 2.00 bits per heavy atom. The molecule has 0 aromatic heterocycles. The van der Waals surface area contributed by atoms with E-state index in [0.717, 1.165) is 0 Å². The lowest BCUT2D eigenvalue weighted by Crippen LogP contribution is -2.40. The highest BCUT2D eigenvalue weighted by atomic mass is 19.4. The number of hydrogen-bond donors (Lipinski definition) is 2. The topological polar surface area (TPSA) is 75.6 Å². The van der Waals surface area contributed by atoms with Gasteiger partial charge >= 0.3 is 19.0 Å². The van der Waals surface area contributed by atoms with Crippen molar-refractivity contribution in [2.24, 2.45) is 0 Å². The molecule has 0 aliphatic carbocycles. The van der Waals surface area contributed by atoms with Crippen molar-refractivity contribution in [3.63, 3.8) is 0 Å². The average molecular weight is 360 g/mol. The van der Waals surface area contributed by atoms with E-state index in [-0.39, 0.29) is 27.9 Å². The molecular formula is C16H22BF3NO4-. The SMILES string of the molecule is Cc1c(CC(=O)O)c(C)c([B-](F)(F)F)c(C)c1NC(=O)OC(C)(C)C. The number of carboxylic acid groups (broad SMARTS) is 1. The molecule has 1 rings (SSSR count). The van der Waals surface area contributed by atoms with Gasteiger partial charge in [-0.15, -0.1) is 5.46 Å². The Balaban J connectivity index is 3.56. The molecule has 1 aromatic carbocycles. The molecular weight excluding hydrogens is 338 g/mol. The molecule has 5 nitrogen and oxygen atoms in total. The van der Waals surface area contributed by atoms with Crippen molar-refractivity contribution in [3.05, 3.63) is 22.3 Å². The first-order valence-corrected chi connectivity index (χ1v) is 7.69. The van der Waals surface area contributed by atoms with Gasteiger partial charge in [0.2, 0.25) is 0 Å². The van der Waals surface area contributed by atoms with E-state index in [0.29, 0.717) is 0 Å². The third-order valence-electron chi connectivity index (χ3n) is 3.74. The summed E-state index contributed by atoms with van der Waals surface area (Å²) in [6.45, 7) is 3.48. The van der Waals surface area contributed by atoms with Crippen LogP contribution in [0.2, 0.25) is 0 Å². The van der Waals surface area contributed by atoms with Crippen molar-refractivity contribution >= 4 is 30.2 Å². The lowest BCUT2D eigenvalue weighted by molar-refractivity contribution is -0.136. The second-order valence-corrected chi connectivity index (χ2v) is 6.91. The van der Waals surface area contributed by atoms with Crippen molar-refractivity contribution in [1.29, 1.82) is 0 Å². The van der Waals surface area contributed by atoms with Crippen molar-refractivity contribution in [3.8, 4) is 0 Å². The minimum absolute atomic E-state index is 0.0401. The van der Waals surface area contributed by atoms with E-state index in [4.69, 9.17) is 9.84 Å². The van der Waals surface area contributed by atoms with E-state index in [1.807, 2.05) is 0 Å². The Labute approximate surface area is 144 Å². The van der Waals surface area contributed by atoms with Crippen LogP contribution in [0.3, 0.4) is 0 Å². The second-order valence-electron chi connectivity index (χ2n) is 6.91. The van der Waals surface area contributed by atoms with Crippen LogP contribution in [-0.4, -0.2) is 29.7 Å². The van der Waals surface area contributed by atoms with Crippen LogP contribution in [-0.2, 0) is 16.0 Å². The molecule has 140 valence electrons. The van der Waals surface area contributed by atoms with Crippen LogP contribution < -0.4 is 10.8 Å². The van der Waals surface area contributed by atoms with E-state index in [2.05, 4.69) is 5.32 Å². The lowest BCUT2D eigenvalue weighted by Gasteiger charge is -2.28. The minimum atomic E-state index is -5.38. The van der Waals surface area contributed by atoms with Crippen molar-refractivity contribution in [2.75, 3.05) is 5.32 Å². The third kappa shape index (κ3) is 5.14. The van der Waals surface area contributed by atoms with Gasteiger partial charge in [-0.1, -0.05) is 11.1 Å². The molecule has 0 radical (unpaired) electrons. The zero-order chi connectivity index (χ0) is 19.7. The number of carbonyl (C=O) groups is 2. The van der Waals surface area contributed by atoms with Crippen LogP contribution in [0.25, 0.3) is 0 Å². The normalized spacial score (nSPS) is 12.0. The first kappa shape index (κ1) is 20.9. The summed E-state index contributed by atoms with van der Waals surface area (Å²) in [6.07, 6.45) is -1.47. The highest BCUT2D eigenvalue weighted by Crippen LogP contribution is 2.30. The Kier molecular flexibility index (Phi) is 5.82. The molecule has 0 saturated heterocycles. The zero-order valence-electron chi connectivity index (χ0n) is 15.1. The number of benzene rings is 1. The van der Waals surface area contributed by atoms with E-state index in [9.17, 15) is 22.5 Å². The maximum atomic E-state index is 13.5. The van der Waals surface area contributed by atoms with Crippen LogP contribution in [0.15, 0.2) is 0 Å². The smallest absolute Gasteiger partial charge is 0.481 e. The standard InChI is InChI=1S/C16H22BF3NO4/c1-8-11(7-12(22)23)9(2)14(10(3)13(8)17(18,19)20)21-15(24)25-16(4,5)6/h7H2,1-6H3,(H,21,24)(H,22,23)/q-1. The average Bonchev–Trinajstić information content (AvgIpc) is 2.36. The Morgan fingerprint density at radius 1 is 1.08 bits per heavy atom. The predicted molar refractivity (Wildman–Crippen MR) is 90.6 cm³/mol. The number of hydrogen-bond acceptors (Lipinski definition) is 3. The maximum Gasteiger partial charge on any atom is 0.510 e. The molecule has 1 amide bonds. The fraction of sp³-hybridized carbons (Fsp3) is 0.500. The molecule has 0 spiro atoms. The van der Waals surface area contributed by atoms with Gasteiger partial charge in [-0.25, -0.2) is 4.79 Å². The van der Waals surface area contributed by atoms with Gasteiger partial charge in [0.15, 0.2) is 0 Å². The summed E-state index contributed by atoms with van der Waals surface area (Å²) in [7, 11) is 0. The number of aliphatic carboxylic acids is 1. The van der Waals surface area contributed by atoms with Gasteiger partial charge in [-0.05, 0) is 52.7 Å². The summed E-state index contributed by atoms with van der Waals surface area (Å²) in [5.74, 6) is -1.25. The molecule has 0 bridgehead atoms. The van der Waals surface area contributed by atoms with Gasteiger partial charge in [0.25, 0.3) is 0 Å². The summed E-state index contributed by atoms with van der Waals surface area (Å²) < 4.78 is 45.6. The molecule has 0 saturated carbocycles. The minimum Gasteiger partial charge on any atom is -0.481 e. The van der Waals surface area contributed by atoms with Gasteiger partial charge in [0, 0.05) is 5.69 Å². The Hall–Kier alpha value is -2.19. The van der Waals surface area contributed by atoms with Crippen LogP contribution in [0.5, 0.6) is 0 Å². The Bertz CT molecular complexity index is 709. The highest BCUT2D eigenvalue weighted by molar-refractivity contribution is 6.74. The number of amides is 1. The molecule has 0 heterocycles. The molecule has 0 fully saturated rings. The van der Waals surface area contributed by atoms with Gasteiger partial charge in [0.1, 0.15) is 5.60 Å². The summed E-state index contributed by atoms with van der Waals surface area (Å²) in [4.78, 5) is 23.0. The molecule has 9 heteroatoms. The van der Waals surface area contributed by atoms with Gasteiger partial charge in [-0.2, -0.15) is 0 Å². The van der Waals surface area contributed by atoms with Crippen LogP contribution in [0, 0.1) is 20.8 Å². The lowest BCUT2D eigenvalue weighted by atomic mass is 9.71. The summed E-state index contributed by atoms with van der Waals surface area (Å²) in [5.41, 5.74) is -1.72. The van der Waals surface area contributed by atoms with Gasteiger partial charge < -0.3 is 22.8 Å². The van der Waals surface area contributed by atoms with Gasteiger partial charge in [-0.3, -0.25) is 10.1 Å². The van der Waals surface area contributed by atoms with Crippen LogP contribution in [0.1, 0.15) is 43.0 Å². The number of carbonyl (C=O) groups excluding carboxylic acids is 1. The molecule has 2 N–H and O–H groups in total. The summed E-state index contributed by atoms with van der Waals surface area (Å²) in [6, 6.07) is 0. The monoisotopic (exact) mass is 360 g/mol. The fourth-order valence-corrected chi connectivity index (χ4v) is 2.79. The Morgan fingerprint density at radius 2 is 1.60 bits per heavy atom. The quantitative estimate of drug-likeness (QED) is 0.804. The van der Waals surface area contributed by atoms with Crippen LogP contribution >= 0.6 is 0 Å². The van der Waals surface area contributed by atoms with E-state index in [1.54, 1.807) is 20.8 Å². The highest BCUT2D eigenvalue weighted by Gasteiger charge is 2.33. The number of anilines is 1.